The van der Waals surface area contributed by atoms with Gasteiger partial charge in [0, 0.05) is 60.6 Å². The summed E-state index contributed by atoms with van der Waals surface area (Å²) in [7, 11) is 3.28. The highest BCUT2D eigenvalue weighted by molar-refractivity contribution is 6.11. The summed E-state index contributed by atoms with van der Waals surface area (Å²) in [4.78, 5) is 39.0. The van der Waals surface area contributed by atoms with E-state index in [1.165, 1.54) is 29.2 Å². The van der Waals surface area contributed by atoms with Crippen LogP contribution in [0.4, 0.5) is 14.5 Å². The van der Waals surface area contributed by atoms with E-state index in [1.807, 2.05) is 18.4 Å². The van der Waals surface area contributed by atoms with Gasteiger partial charge in [0.25, 0.3) is 11.8 Å². The molecule has 248 valence electrons. The number of anilines is 1. The Hall–Kier alpha value is -4.87. The highest BCUT2D eigenvalue weighted by atomic mass is 19.1. The van der Waals surface area contributed by atoms with Crippen molar-refractivity contribution >= 4 is 23.5 Å². The van der Waals surface area contributed by atoms with Crippen LogP contribution in [-0.2, 0) is 11.2 Å². The number of amides is 2. The number of carboxylic acids is 1. The van der Waals surface area contributed by atoms with Gasteiger partial charge in [-0.1, -0.05) is 24.3 Å². The third kappa shape index (κ3) is 8.49. The van der Waals surface area contributed by atoms with Gasteiger partial charge >= 0.3 is 0 Å². The van der Waals surface area contributed by atoms with E-state index in [1.54, 1.807) is 62.6 Å². The molecular formula is C36H38F2N3O6-. The summed E-state index contributed by atoms with van der Waals surface area (Å²) >= 11 is 0. The summed E-state index contributed by atoms with van der Waals surface area (Å²) in [6.07, 6.45) is -2.93. The van der Waals surface area contributed by atoms with Crippen molar-refractivity contribution in [1.29, 1.82) is 0 Å². The monoisotopic (exact) mass is 646 g/mol. The van der Waals surface area contributed by atoms with Crippen LogP contribution >= 0.6 is 0 Å². The van der Waals surface area contributed by atoms with Crippen molar-refractivity contribution in [2.45, 2.75) is 57.8 Å². The molecule has 4 aromatic rings. The van der Waals surface area contributed by atoms with Gasteiger partial charge in [-0.15, -0.1) is 0 Å². The number of carbonyl (C=O) groups excluding carboxylic acids is 3. The molecule has 9 nitrogen and oxygen atoms in total. The minimum absolute atomic E-state index is 0.0975. The average molecular weight is 647 g/mol. The highest BCUT2D eigenvalue weighted by Crippen LogP contribution is 2.43. The zero-order chi connectivity index (χ0) is 34.4. The number of aliphatic hydroxyl groups is 2. The van der Waals surface area contributed by atoms with Crippen LogP contribution in [0.3, 0.4) is 0 Å². The van der Waals surface area contributed by atoms with E-state index in [2.05, 4.69) is 5.32 Å². The number of rotatable bonds is 13. The molecule has 0 unspecified atom stereocenters. The maximum Gasteiger partial charge on any atom is 0.272 e. The minimum atomic E-state index is -1.43. The number of nitrogens with zero attached hydrogens (tertiary/aromatic N) is 2. The molecule has 0 fully saturated rings. The molecule has 3 N–H and O–H groups in total. The molecule has 0 spiro atoms. The van der Waals surface area contributed by atoms with Crippen LogP contribution in [0.1, 0.15) is 65.7 Å². The van der Waals surface area contributed by atoms with Crippen molar-refractivity contribution in [2.75, 3.05) is 19.4 Å². The lowest BCUT2D eigenvalue weighted by atomic mass is 9.92. The first-order valence-corrected chi connectivity index (χ1v) is 15.2. The number of carbonyl (C=O) groups is 3. The number of carboxylic acid groups (broad SMARTS) is 1. The molecule has 1 heterocycles. The molecule has 0 aliphatic heterocycles. The molecule has 1 aromatic heterocycles. The number of hydrogen-bond acceptors (Lipinski definition) is 6. The Balaban J connectivity index is 1.88. The number of halogens is 2. The largest absolute Gasteiger partial charge is 0.550 e. The zero-order valence-electron chi connectivity index (χ0n) is 26.7. The third-order valence-electron chi connectivity index (χ3n) is 7.76. The zero-order valence-corrected chi connectivity index (χ0v) is 26.7. The Kier molecular flexibility index (Phi) is 11.3. The maximum atomic E-state index is 14.3. The second-order valence-electron chi connectivity index (χ2n) is 11.9. The Morgan fingerprint density at radius 1 is 0.830 bits per heavy atom. The molecule has 4 rings (SSSR count). The number of benzene rings is 3. The lowest BCUT2D eigenvalue weighted by Crippen LogP contribution is -2.29. The van der Waals surface area contributed by atoms with Crippen molar-refractivity contribution < 1.29 is 38.5 Å². The summed E-state index contributed by atoms with van der Waals surface area (Å²) in [6, 6.07) is 17.5. The first kappa shape index (κ1) is 35.0. The van der Waals surface area contributed by atoms with Gasteiger partial charge in [0.05, 0.1) is 12.2 Å². The molecule has 3 aromatic carbocycles. The number of aliphatic carboxylic acids is 1. The second kappa shape index (κ2) is 15.1. The van der Waals surface area contributed by atoms with Crippen molar-refractivity contribution in [3.8, 4) is 22.3 Å². The standard InChI is InChI=1S/C36H39F2N3O6/c1-21(2)41-30(18-17-28(42)19-29(43)20-31(44)45)32(22-5-11-25(37)12-6-22)33(23-7-13-26(38)14-8-23)34(41)35(46)39-27-15-9-24(10-16-27)36(47)40(3)4/h5-16,21,28-29,42-43H,17-20H2,1-4H3,(H,39,46)(H,44,45)/p-1/t28-,29-/m1/s1. The van der Waals surface area contributed by atoms with Crippen LogP contribution in [0.2, 0.25) is 0 Å². The lowest BCUT2D eigenvalue weighted by Gasteiger charge is -2.20. The molecule has 0 bridgehead atoms. The molecule has 2 amide bonds. The van der Waals surface area contributed by atoms with Gasteiger partial charge < -0.3 is 34.9 Å². The number of aromatic nitrogens is 1. The predicted molar refractivity (Wildman–Crippen MR) is 173 cm³/mol. The van der Waals surface area contributed by atoms with Crippen LogP contribution in [0.5, 0.6) is 0 Å². The van der Waals surface area contributed by atoms with Gasteiger partial charge in [0.1, 0.15) is 17.3 Å². The molecular weight excluding hydrogens is 608 g/mol. The fraction of sp³-hybridized carbons (Fsp3) is 0.306. The molecule has 0 aliphatic rings. The Morgan fingerprint density at radius 2 is 1.36 bits per heavy atom. The van der Waals surface area contributed by atoms with E-state index >= 15 is 0 Å². The van der Waals surface area contributed by atoms with Gasteiger partial charge in [0.2, 0.25) is 0 Å². The van der Waals surface area contributed by atoms with E-state index in [0.29, 0.717) is 39.2 Å². The van der Waals surface area contributed by atoms with Gasteiger partial charge in [-0.3, -0.25) is 9.59 Å². The van der Waals surface area contributed by atoms with E-state index in [9.17, 15) is 38.5 Å². The summed E-state index contributed by atoms with van der Waals surface area (Å²) < 4.78 is 30.0. The van der Waals surface area contributed by atoms with E-state index < -0.39 is 42.1 Å². The fourth-order valence-electron chi connectivity index (χ4n) is 5.66. The molecule has 2 atom stereocenters. The second-order valence-corrected chi connectivity index (χ2v) is 11.9. The SMILES string of the molecule is CC(C)n1c(CC[C@@H](O)C[C@@H](O)CC(=O)[O-])c(-c2ccc(F)cc2)c(-c2ccc(F)cc2)c1C(=O)Nc1ccc(C(=O)N(C)C)cc1. The van der Waals surface area contributed by atoms with Gasteiger partial charge in [0.15, 0.2) is 0 Å². The van der Waals surface area contributed by atoms with Crippen molar-refractivity contribution in [1.82, 2.24) is 9.47 Å². The predicted octanol–water partition coefficient (Wildman–Crippen LogP) is 4.82. The van der Waals surface area contributed by atoms with Crippen molar-refractivity contribution in [3.05, 3.63) is 101 Å². The van der Waals surface area contributed by atoms with Crippen LogP contribution in [-0.4, -0.2) is 63.8 Å². The first-order valence-electron chi connectivity index (χ1n) is 15.2. The van der Waals surface area contributed by atoms with Crippen LogP contribution < -0.4 is 10.4 Å². The molecule has 0 radical (unpaired) electrons. The lowest BCUT2D eigenvalue weighted by molar-refractivity contribution is -0.307. The van der Waals surface area contributed by atoms with Crippen molar-refractivity contribution in [3.63, 3.8) is 0 Å². The number of nitrogens with one attached hydrogen (secondary N) is 1. The minimum Gasteiger partial charge on any atom is -0.550 e. The fourth-order valence-corrected chi connectivity index (χ4v) is 5.66. The quantitative estimate of drug-likeness (QED) is 0.191. The number of aliphatic hydroxyl groups excluding tert-OH is 2. The summed E-state index contributed by atoms with van der Waals surface area (Å²) in [5.41, 5.74) is 3.86. The Morgan fingerprint density at radius 3 is 1.85 bits per heavy atom. The van der Waals surface area contributed by atoms with Gasteiger partial charge in [-0.05, 0) is 92.8 Å². The van der Waals surface area contributed by atoms with E-state index in [0.717, 1.165) is 0 Å². The third-order valence-corrected chi connectivity index (χ3v) is 7.76. The van der Waals surface area contributed by atoms with Gasteiger partial charge in [-0.2, -0.15) is 0 Å². The molecule has 11 heteroatoms. The highest BCUT2D eigenvalue weighted by Gasteiger charge is 2.30. The normalized spacial score (nSPS) is 12.5. The summed E-state index contributed by atoms with van der Waals surface area (Å²) in [6.45, 7) is 3.76. The van der Waals surface area contributed by atoms with Crippen LogP contribution in [0.25, 0.3) is 22.3 Å². The Bertz CT molecular complexity index is 1720. The molecule has 47 heavy (non-hydrogen) atoms. The average Bonchev–Trinajstić information content (AvgIpc) is 3.36. The van der Waals surface area contributed by atoms with Crippen LogP contribution in [0.15, 0.2) is 72.8 Å². The summed E-state index contributed by atoms with van der Waals surface area (Å²) in [5, 5.41) is 34.7. The molecule has 0 aliphatic carbocycles. The number of hydrogen-bond donors (Lipinski definition) is 3. The molecule has 0 saturated carbocycles. The van der Waals surface area contributed by atoms with E-state index in [-0.39, 0.29) is 36.9 Å². The van der Waals surface area contributed by atoms with Crippen molar-refractivity contribution in [2.24, 2.45) is 0 Å². The topological polar surface area (TPSA) is 135 Å². The maximum absolute atomic E-state index is 14.3. The first-order chi connectivity index (χ1) is 22.3. The van der Waals surface area contributed by atoms with Crippen LogP contribution in [0, 0.1) is 11.6 Å². The Labute approximate surface area is 272 Å². The summed E-state index contributed by atoms with van der Waals surface area (Å²) in [5.74, 6) is -3.07. The van der Waals surface area contributed by atoms with E-state index in [4.69, 9.17) is 0 Å². The van der Waals surface area contributed by atoms with Gasteiger partial charge in [-0.25, -0.2) is 8.78 Å². The molecule has 0 saturated heterocycles. The smallest absolute Gasteiger partial charge is 0.272 e.